The summed E-state index contributed by atoms with van der Waals surface area (Å²) in [7, 11) is -1.22. The molecule has 4 aromatic carbocycles. The number of carbonyl (C=O) groups excluding carboxylic acids is 1. The predicted octanol–water partition coefficient (Wildman–Crippen LogP) is 6.65. The first kappa shape index (κ1) is 30.6. The fraction of sp³-hybridized carbons (Fsp3) is 0.235. The van der Waals surface area contributed by atoms with Crippen LogP contribution in [0.4, 0.5) is 5.69 Å². The highest BCUT2D eigenvalue weighted by Gasteiger charge is 2.35. The van der Waals surface area contributed by atoms with Crippen LogP contribution in [-0.2, 0) is 20.6 Å². The van der Waals surface area contributed by atoms with Crippen molar-refractivity contribution in [2.24, 2.45) is 4.99 Å². The van der Waals surface area contributed by atoms with Crippen LogP contribution in [0.15, 0.2) is 120 Å². The fourth-order valence-electron chi connectivity index (χ4n) is 4.94. The zero-order chi connectivity index (χ0) is 30.0. The molecule has 7 nitrogen and oxygen atoms in total. The lowest BCUT2D eigenvalue weighted by Gasteiger charge is -2.36. The quantitative estimate of drug-likeness (QED) is 0.0581. The van der Waals surface area contributed by atoms with Gasteiger partial charge in [-0.2, -0.15) is 0 Å². The summed E-state index contributed by atoms with van der Waals surface area (Å²) in [5, 5.41) is 10.8. The van der Waals surface area contributed by atoms with Gasteiger partial charge in [-0.15, -0.1) is 0 Å². The van der Waals surface area contributed by atoms with E-state index in [2.05, 4.69) is 67.4 Å². The zero-order valence-corrected chi connectivity index (χ0v) is 25.5. The summed E-state index contributed by atoms with van der Waals surface area (Å²) in [4.78, 5) is 28.5. The van der Waals surface area contributed by atoms with Gasteiger partial charge in [0.2, 0.25) is 0 Å². The Balaban J connectivity index is 1.51. The molecular formula is C34H36N2O5Si. The van der Waals surface area contributed by atoms with Crippen molar-refractivity contribution < 1.29 is 18.9 Å². The summed E-state index contributed by atoms with van der Waals surface area (Å²) in [6.45, 7) is 6.30. The summed E-state index contributed by atoms with van der Waals surface area (Å²) in [5.74, 6) is -0.387. The van der Waals surface area contributed by atoms with Crippen molar-refractivity contribution in [3.05, 3.63) is 148 Å². The van der Waals surface area contributed by atoms with E-state index >= 15 is 0 Å². The summed E-state index contributed by atoms with van der Waals surface area (Å²) in [6.07, 6.45) is 1.15. The first-order valence-electron chi connectivity index (χ1n) is 13.9. The lowest BCUT2D eigenvalue weighted by molar-refractivity contribution is -0.384. The molecule has 0 saturated carbocycles. The smallest absolute Gasteiger partial charge is 0.333 e. The number of aliphatic imine (C=N–C) groups is 1. The summed E-state index contributed by atoms with van der Waals surface area (Å²) in [5.41, 5.74) is 3.94. The Morgan fingerprint density at radius 1 is 0.881 bits per heavy atom. The van der Waals surface area contributed by atoms with Crippen molar-refractivity contribution in [1.29, 1.82) is 0 Å². The highest BCUT2D eigenvalue weighted by molar-refractivity contribution is 6.32. The number of benzene rings is 4. The Morgan fingerprint density at radius 2 is 1.40 bits per heavy atom. The molecule has 0 aromatic heterocycles. The minimum Gasteiger partial charge on any atom is -0.459 e. The van der Waals surface area contributed by atoms with E-state index < -0.39 is 32.8 Å². The van der Waals surface area contributed by atoms with E-state index in [0.717, 1.165) is 5.56 Å². The van der Waals surface area contributed by atoms with Gasteiger partial charge in [0.25, 0.3) is 5.69 Å². The van der Waals surface area contributed by atoms with E-state index in [-0.39, 0.29) is 23.3 Å². The predicted molar refractivity (Wildman–Crippen MR) is 169 cm³/mol. The maximum atomic E-state index is 13.3. The molecule has 42 heavy (non-hydrogen) atoms. The summed E-state index contributed by atoms with van der Waals surface area (Å²) >= 11 is 0. The van der Waals surface area contributed by atoms with Gasteiger partial charge in [-0.25, -0.2) is 4.79 Å². The fourth-order valence-corrected chi connectivity index (χ4v) is 6.45. The van der Waals surface area contributed by atoms with E-state index in [1.165, 1.54) is 23.3 Å². The maximum absolute atomic E-state index is 13.3. The Kier molecular flexibility index (Phi) is 10.5. The number of non-ortho nitro benzene ring substituents is 1. The minimum absolute atomic E-state index is 0.0191. The SMILES string of the molecule is CC(O[SiH2]C(C)(C)C(c1ccccc1)c1ccccc1)[C@H](N=Cc1ccccc1)C(=O)OCc1ccc([N+](=O)[O-])cc1. The molecule has 0 aliphatic rings. The van der Waals surface area contributed by atoms with Crippen LogP contribution in [0.5, 0.6) is 0 Å². The maximum Gasteiger partial charge on any atom is 0.333 e. The molecule has 0 N–H and O–H groups in total. The molecule has 0 aliphatic heterocycles. The van der Waals surface area contributed by atoms with E-state index in [1.807, 2.05) is 49.4 Å². The summed E-state index contributed by atoms with van der Waals surface area (Å²) < 4.78 is 12.2. The standard InChI is InChI=1S/C34H36N2O5Si/c1-25(41-42-34(2,3)31(28-15-9-5-10-16-28)29-17-11-6-12-18-29)32(35-23-26-13-7-4-8-14-26)33(37)40-24-27-19-21-30(22-20-27)36(38)39/h4-23,25,31-32H,24,42H2,1-3H3/t25?,32-/m0/s1. The van der Waals surface area contributed by atoms with Crippen molar-refractivity contribution in [1.82, 2.24) is 0 Å². The van der Waals surface area contributed by atoms with Crippen LogP contribution in [0.1, 0.15) is 48.9 Å². The monoisotopic (exact) mass is 580 g/mol. The van der Waals surface area contributed by atoms with Gasteiger partial charge in [-0.1, -0.05) is 105 Å². The van der Waals surface area contributed by atoms with Gasteiger partial charge in [0.05, 0.1) is 11.0 Å². The van der Waals surface area contributed by atoms with Crippen molar-refractivity contribution >= 4 is 27.6 Å². The Bertz CT molecular complexity index is 1420. The molecule has 0 saturated heterocycles. The second kappa shape index (κ2) is 14.5. The molecule has 2 atom stereocenters. The molecule has 216 valence electrons. The minimum atomic E-state index is -1.22. The van der Waals surface area contributed by atoms with Gasteiger partial charge in [0, 0.05) is 24.3 Å². The van der Waals surface area contributed by atoms with Crippen LogP contribution < -0.4 is 0 Å². The molecule has 8 heteroatoms. The molecular weight excluding hydrogens is 544 g/mol. The Labute approximate surface area is 249 Å². The number of nitrogens with zero attached hydrogens (tertiary/aromatic N) is 2. The van der Waals surface area contributed by atoms with Gasteiger partial charge in [-0.05, 0) is 46.3 Å². The lowest BCUT2D eigenvalue weighted by Crippen LogP contribution is -2.37. The lowest BCUT2D eigenvalue weighted by atomic mass is 9.82. The molecule has 4 aromatic rings. The van der Waals surface area contributed by atoms with E-state index in [1.54, 1.807) is 18.3 Å². The normalized spacial score (nSPS) is 13.4. The van der Waals surface area contributed by atoms with Crippen molar-refractivity contribution in [2.75, 3.05) is 0 Å². The van der Waals surface area contributed by atoms with Gasteiger partial charge < -0.3 is 9.16 Å². The zero-order valence-electron chi connectivity index (χ0n) is 24.1. The highest BCUT2D eigenvalue weighted by atomic mass is 28.2. The van der Waals surface area contributed by atoms with E-state index in [0.29, 0.717) is 5.56 Å². The molecule has 0 amide bonds. The molecule has 0 aliphatic carbocycles. The number of hydrogen-bond acceptors (Lipinski definition) is 6. The van der Waals surface area contributed by atoms with Crippen molar-refractivity contribution in [3.63, 3.8) is 0 Å². The highest BCUT2D eigenvalue weighted by Crippen LogP contribution is 2.46. The van der Waals surface area contributed by atoms with E-state index in [4.69, 9.17) is 9.16 Å². The van der Waals surface area contributed by atoms with Crippen molar-refractivity contribution in [3.8, 4) is 0 Å². The number of nitro benzene ring substituents is 1. The van der Waals surface area contributed by atoms with Crippen LogP contribution in [0.25, 0.3) is 0 Å². The van der Waals surface area contributed by atoms with Crippen LogP contribution in [0, 0.1) is 10.1 Å². The van der Waals surface area contributed by atoms with Gasteiger partial charge in [-0.3, -0.25) is 15.1 Å². The van der Waals surface area contributed by atoms with Crippen LogP contribution >= 0.6 is 0 Å². The van der Waals surface area contributed by atoms with Crippen LogP contribution in [-0.4, -0.2) is 39.0 Å². The van der Waals surface area contributed by atoms with Gasteiger partial charge in [0.15, 0.2) is 15.8 Å². The first-order valence-corrected chi connectivity index (χ1v) is 15.2. The number of rotatable bonds is 13. The average Bonchev–Trinajstić information content (AvgIpc) is 3.01. The van der Waals surface area contributed by atoms with Gasteiger partial charge in [0.1, 0.15) is 6.61 Å². The third-order valence-corrected chi connectivity index (χ3v) is 9.01. The van der Waals surface area contributed by atoms with Crippen molar-refractivity contribution in [2.45, 2.75) is 50.5 Å². The average molecular weight is 581 g/mol. The summed E-state index contributed by atoms with van der Waals surface area (Å²) in [6, 6.07) is 35.5. The molecule has 4 rings (SSSR count). The molecule has 0 spiro atoms. The Hall–Kier alpha value is -4.40. The number of ether oxygens (including phenoxy) is 1. The number of esters is 1. The van der Waals surface area contributed by atoms with Crippen LogP contribution in [0.2, 0.25) is 5.04 Å². The molecule has 0 heterocycles. The van der Waals surface area contributed by atoms with Gasteiger partial charge >= 0.3 is 5.97 Å². The number of nitro groups is 1. The topological polar surface area (TPSA) is 91.0 Å². The number of hydrogen-bond donors (Lipinski definition) is 0. The molecule has 0 radical (unpaired) electrons. The third-order valence-electron chi connectivity index (χ3n) is 7.16. The second-order valence-corrected chi connectivity index (χ2v) is 13.4. The number of carbonyl (C=O) groups is 1. The van der Waals surface area contributed by atoms with E-state index in [9.17, 15) is 14.9 Å². The largest absolute Gasteiger partial charge is 0.459 e. The molecule has 1 unspecified atom stereocenters. The molecule has 0 bridgehead atoms. The van der Waals surface area contributed by atoms with Crippen LogP contribution in [0.3, 0.4) is 0 Å². The second-order valence-electron chi connectivity index (χ2n) is 10.9. The first-order chi connectivity index (χ1) is 20.2. The molecule has 0 fully saturated rings. The Morgan fingerprint density at radius 3 is 1.93 bits per heavy atom. The third kappa shape index (κ3) is 8.31.